The predicted octanol–water partition coefficient (Wildman–Crippen LogP) is 2.74. The minimum Gasteiger partial charge on any atom is -0.419 e. The maximum Gasteiger partial charge on any atom is 0.257 e. The van der Waals surface area contributed by atoms with Gasteiger partial charge in [0.05, 0.1) is 15.2 Å². The molecule has 1 N–H and O–H groups in total. The van der Waals surface area contributed by atoms with E-state index in [0.717, 1.165) is 28.3 Å². The van der Waals surface area contributed by atoms with Gasteiger partial charge >= 0.3 is 0 Å². The third-order valence-corrected chi connectivity index (χ3v) is 5.14. The van der Waals surface area contributed by atoms with Crippen LogP contribution in [0.2, 0.25) is 0 Å². The van der Waals surface area contributed by atoms with Crippen LogP contribution in [0.3, 0.4) is 0 Å². The smallest absolute Gasteiger partial charge is 0.257 e. The molecule has 3 rings (SSSR count). The third-order valence-electron chi connectivity index (χ3n) is 3.52. The van der Waals surface area contributed by atoms with E-state index in [9.17, 15) is 0 Å². The molecule has 0 spiro atoms. The molecule has 1 saturated heterocycles. The second-order valence-corrected chi connectivity index (χ2v) is 7.43. The first-order valence-corrected chi connectivity index (χ1v) is 8.33. The number of thiophene rings is 1. The zero-order valence-corrected chi connectivity index (χ0v) is 13.7. The van der Waals surface area contributed by atoms with E-state index < -0.39 is 0 Å². The first-order chi connectivity index (χ1) is 9.74. The van der Waals surface area contributed by atoms with E-state index in [-0.39, 0.29) is 0 Å². The van der Waals surface area contributed by atoms with Gasteiger partial charge in [0, 0.05) is 12.6 Å². The number of piperidine rings is 1. The SMILES string of the molecule is CNC1CCCN(Cc2nnc(-c3ccc(Br)s3)o2)C1. The number of halogens is 1. The van der Waals surface area contributed by atoms with Crippen molar-refractivity contribution in [3.63, 3.8) is 0 Å². The Balaban J connectivity index is 1.65. The van der Waals surface area contributed by atoms with Crippen LogP contribution in [0, 0.1) is 0 Å². The molecular weight excluding hydrogens is 340 g/mol. The van der Waals surface area contributed by atoms with Crippen molar-refractivity contribution >= 4 is 27.3 Å². The zero-order chi connectivity index (χ0) is 13.9. The molecule has 1 atom stereocenters. The minimum absolute atomic E-state index is 0.569. The highest BCUT2D eigenvalue weighted by Gasteiger charge is 2.20. The fourth-order valence-electron chi connectivity index (χ4n) is 2.47. The van der Waals surface area contributed by atoms with Crippen LogP contribution in [0.25, 0.3) is 10.8 Å². The van der Waals surface area contributed by atoms with E-state index in [4.69, 9.17) is 4.42 Å². The van der Waals surface area contributed by atoms with Crippen LogP contribution >= 0.6 is 27.3 Å². The van der Waals surface area contributed by atoms with Gasteiger partial charge < -0.3 is 9.73 Å². The molecule has 2 aromatic rings. The molecule has 108 valence electrons. The van der Waals surface area contributed by atoms with Crippen molar-refractivity contribution in [2.75, 3.05) is 20.1 Å². The van der Waals surface area contributed by atoms with E-state index in [2.05, 4.69) is 36.3 Å². The number of nitrogens with one attached hydrogen (secondary N) is 1. The average molecular weight is 357 g/mol. The Labute approximate surface area is 130 Å². The molecule has 0 amide bonds. The van der Waals surface area contributed by atoms with E-state index in [0.29, 0.717) is 17.8 Å². The molecule has 1 aliphatic heterocycles. The highest BCUT2D eigenvalue weighted by Crippen LogP contribution is 2.30. The molecule has 1 fully saturated rings. The Hall–Kier alpha value is -0.760. The van der Waals surface area contributed by atoms with Gasteiger partial charge in [-0.1, -0.05) is 0 Å². The van der Waals surface area contributed by atoms with Gasteiger partial charge in [0.15, 0.2) is 0 Å². The van der Waals surface area contributed by atoms with Crippen molar-refractivity contribution in [2.45, 2.75) is 25.4 Å². The van der Waals surface area contributed by atoms with Crippen molar-refractivity contribution in [2.24, 2.45) is 0 Å². The molecule has 1 unspecified atom stereocenters. The van der Waals surface area contributed by atoms with Crippen LogP contribution in [0.4, 0.5) is 0 Å². The second kappa shape index (κ2) is 6.34. The molecule has 3 heterocycles. The molecule has 20 heavy (non-hydrogen) atoms. The van der Waals surface area contributed by atoms with Crippen molar-refractivity contribution in [3.8, 4) is 10.8 Å². The monoisotopic (exact) mass is 356 g/mol. The summed E-state index contributed by atoms with van der Waals surface area (Å²) in [6.07, 6.45) is 2.45. The van der Waals surface area contributed by atoms with Crippen molar-refractivity contribution in [3.05, 3.63) is 21.8 Å². The minimum atomic E-state index is 0.569. The lowest BCUT2D eigenvalue weighted by molar-refractivity contribution is 0.173. The Kier molecular flexibility index (Phi) is 4.50. The summed E-state index contributed by atoms with van der Waals surface area (Å²) in [5.74, 6) is 1.30. The highest BCUT2D eigenvalue weighted by atomic mass is 79.9. The van der Waals surface area contributed by atoms with Crippen LogP contribution in [0.15, 0.2) is 20.3 Å². The molecule has 7 heteroatoms. The van der Waals surface area contributed by atoms with Crippen LogP contribution in [0.5, 0.6) is 0 Å². The number of rotatable bonds is 4. The van der Waals surface area contributed by atoms with Crippen LogP contribution in [-0.4, -0.2) is 41.3 Å². The van der Waals surface area contributed by atoms with Gasteiger partial charge in [-0.25, -0.2) is 0 Å². The van der Waals surface area contributed by atoms with Crippen molar-refractivity contribution < 1.29 is 4.42 Å². The van der Waals surface area contributed by atoms with E-state index in [1.54, 1.807) is 11.3 Å². The summed E-state index contributed by atoms with van der Waals surface area (Å²) < 4.78 is 6.83. The van der Waals surface area contributed by atoms with Gasteiger partial charge in [0.1, 0.15) is 0 Å². The molecule has 0 bridgehead atoms. The summed E-state index contributed by atoms with van der Waals surface area (Å²) in [7, 11) is 2.02. The topological polar surface area (TPSA) is 54.2 Å². The largest absolute Gasteiger partial charge is 0.419 e. The predicted molar refractivity (Wildman–Crippen MR) is 82.7 cm³/mol. The molecule has 0 saturated carbocycles. The summed E-state index contributed by atoms with van der Waals surface area (Å²) >= 11 is 5.04. The van der Waals surface area contributed by atoms with E-state index in [1.165, 1.54) is 12.8 Å². The van der Waals surface area contributed by atoms with Crippen LogP contribution in [-0.2, 0) is 6.54 Å². The van der Waals surface area contributed by atoms with Gasteiger partial charge in [0.25, 0.3) is 5.89 Å². The van der Waals surface area contributed by atoms with Gasteiger partial charge in [-0.05, 0) is 54.5 Å². The molecule has 0 radical (unpaired) electrons. The lowest BCUT2D eigenvalue weighted by Crippen LogP contribution is -2.43. The van der Waals surface area contributed by atoms with Gasteiger partial charge in [-0.2, -0.15) is 0 Å². The fourth-order valence-corrected chi connectivity index (χ4v) is 3.78. The maximum atomic E-state index is 5.76. The number of likely N-dealkylation sites (N-methyl/N-ethyl adjacent to an activating group) is 1. The van der Waals surface area contributed by atoms with Crippen molar-refractivity contribution in [1.29, 1.82) is 0 Å². The lowest BCUT2D eigenvalue weighted by atomic mass is 10.1. The molecular formula is C13H17BrN4OS. The van der Waals surface area contributed by atoms with Crippen molar-refractivity contribution in [1.82, 2.24) is 20.4 Å². The van der Waals surface area contributed by atoms with Crippen LogP contribution < -0.4 is 5.32 Å². The summed E-state index contributed by atoms with van der Waals surface area (Å²) in [4.78, 5) is 3.37. The Bertz CT molecular complexity index is 570. The van der Waals surface area contributed by atoms with Crippen LogP contribution in [0.1, 0.15) is 18.7 Å². The Morgan fingerprint density at radius 1 is 1.50 bits per heavy atom. The number of aromatic nitrogens is 2. The maximum absolute atomic E-state index is 5.76. The third kappa shape index (κ3) is 3.28. The van der Waals surface area contributed by atoms with Gasteiger partial charge in [-0.3, -0.25) is 4.90 Å². The second-order valence-electron chi connectivity index (χ2n) is 4.97. The normalized spacial score (nSPS) is 20.4. The van der Waals surface area contributed by atoms with Gasteiger partial charge in [-0.15, -0.1) is 21.5 Å². The van der Waals surface area contributed by atoms with E-state index >= 15 is 0 Å². The highest BCUT2D eigenvalue weighted by molar-refractivity contribution is 9.11. The first kappa shape index (κ1) is 14.2. The summed E-state index contributed by atoms with van der Waals surface area (Å²) in [5.41, 5.74) is 0. The zero-order valence-electron chi connectivity index (χ0n) is 11.3. The fraction of sp³-hybridized carbons (Fsp3) is 0.538. The van der Waals surface area contributed by atoms with E-state index in [1.807, 2.05) is 19.2 Å². The molecule has 1 aliphatic rings. The molecule has 0 aromatic carbocycles. The number of hydrogen-bond donors (Lipinski definition) is 1. The molecule has 5 nitrogen and oxygen atoms in total. The Morgan fingerprint density at radius 3 is 3.15 bits per heavy atom. The molecule has 0 aliphatic carbocycles. The quantitative estimate of drug-likeness (QED) is 0.912. The summed E-state index contributed by atoms with van der Waals surface area (Å²) in [6, 6.07) is 4.55. The van der Waals surface area contributed by atoms with Gasteiger partial charge in [0.2, 0.25) is 5.89 Å². The summed E-state index contributed by atoms with van der Waals surface area (Å²) in [6.45, 7) is 2.87. The first-order valence-electron chi connectivity index (χ1n) is 6.72. The average Bonchev–Trinajstić information content (AvgIpc) is 3.08. The number of hydrogen-bond acceptors (Lipinski definition) is 6. The lowest BCUT2D eigenvalue weighted by Gasteiger charge is -2.31. The standard InChI is InChI=1S/C13H17BrN4OS/c1-15-9-3-2-6-18(7-9)8-12-16-17-13(19-12)10-4-5-11(14)20-10/h4-5,9,15H,2-3,6-8H2,1H3. The molecule has 2 aromatic heterocycles. The number of nitrogens with zero attached hydrogens (tertiary/aromatic N) is 3. The summed E-state index contributed by atoms with van der Waals surface area (Å²) in [5, 5.41) is 11.6. The Morgan fingerprint density at radius 2 is 2.40 bits per heavy atom. The number of likely N-dealkylation sites (tertiary alicyclic amines) is 1.